The summed E-state index contributed by atoms with van der Waals surface area (Å²) in [7, 11) is -5.01. The summed E-state index contributed by atoms with van der Waals surface area (Å²) in [6.07, 6.45) is 6.20. The minimum atomic E-state index is -5.01. The van der Waals surface area contributed by atoms with Crippen LogP contribution in [-0.2, 0) is 14.7 Å². The maximum absolute atomic E-state index is 11.9. The molecule has 2 aliphatic rings. The van der Waals surface area contributed by atoms with Crippen LogP contribution in [0.15, 0.2) is 24.8 Å². The Morgan fingerprint density at radius 1 is 1.33 bits per heavy atom. The van der Waals surface area contributed by atoms with Gasteiger partial charge in [-0.2, -0.15) is 9.35 Å². The first-order valence-electron chi connectivity index (χ1n) is 5.65. The summed E-state index contributed by atoms with van der Waals surface area (Å²) in [6.45, 7) is 0.549. The van der Waals surface area contributed by atoms with E-state index in [9.17, 15) is 17.8 Å². The van der Waals surface area contributed by atoms with Crippen molar-refractivity contribution in [3.63, 3.8) is 0 Å². The van der Waals surface area contributed by atoms with Gasteiger partial charge in [-0.3, -0.25) is 0 Å². The van der Waals surface area contributed by atoms with Crippen molar-refractivity contribution >= 4 is 22.0 Å². The van der Waals surface area contributed by atoms with Gasteiger partial charge in [0.2, 0.25) is 10.4 Å². The Labute approximate surface area is 142 Å². The average molecular weight is 320 g/mol. The van der Waals surface area contributed by atoms with Gasteiger partial charge < -0.3 is 9.45 Å². The number of carbonyl (C=O) groups excluding carboxylic acids is 1. The Morgan fingerprint density at radius 3 is 2.62 bits per heavy atom. The molecule has 1 fully saturated rings. The van der Waals surface area contributed by atoms with Gasteiger partial charge in [-0.25, -0.2) is 23.2 Å². The third kappa shape index (κ3) is 3.25. The van der Waals surface area contributed by atoms with E-state index in [0.717, 1.165) is 0 Å². The van der Waals surface area contributed by atoms with Gasteiger partial charge in [0.25, 0.3) is 0 Å². The Kier molecular flexibility index (Phi) is 4.66. The number of urea groups is 1. The zero-order valence-corrected chi connectivity index (χ0v) is 13.9. The van der Waals surface area contributed by atoms with Gasteiger partial charge in [-0.15, -0.1) is 0 Å². The second-order valence-electron chi connectivity index (χ2n) is 4.30. The van der Waals surface area contributed by atoms with Crippen LogP contribution < -0.4 is 29.6 Å². The molecule has 1 aromatic heterocycles. The normalized spacial score (nSPS) is 21.1. The fourth-order valence-electron chi connectivity index (χ4n) is 2.30. The zero-order valence-electron chi connectivity index (χ0n) is 11.0. The van der Waals surface area contributed by atoms with Crippen molar-refractivity contribution < 1.29 is 51.6 Å². The van der Waals surface area contributed by atoms with Crippen LogP contribution in [0.1, 0.15) is 5.56 Å². The first-order chi connectivity index (χ1) is 9.46. The number of fused-ring (bicyclic) bond motifs is 2. The van der Waals surface area contributed by atoms with Crippen LogP contribution >= 0.6 is 0 Å². The average Bonchev–Trinajstić information content (AvgIpc) is 2.64. The van der Waals surface area contributed by atoms with Crippen molar-refractivity contribution in [2.75, 3.05) is 13.1 Å². The number of hydrogen-bond donors (Lipinski definition) is 0. The Balaban J connectivity index is 0.00000161. The number of nitrogens with zero attached hydrogens (tertiary/aromatic N) is 4. The standard InChI is InChI=1S/C10H10N4O5S.Na/c15-10-13-2-1-8(7-3-11-6-12-4-7)9(5-13)14(10)19-20(16,17)18;/h1,3-4,6,9H,2,5H2,(H,16,17,18);/q;+1/p-1. The van der Waals surface area contributed by atoms with Gasteiger partial charge in [0.15, 0.2) is 0 Å². The van der Waals surface area contributed by atoms with Crippen LogP contribution in [0.5, 0.6) is 0 Å². The first-order valence-corrected chi connectivity index (χ1v) is 6.98. The molecule has 2 amide bonds. The molecular formula is C10H9N4NaO5S. The van der Waals surface area contributed by atoms with Crippen LogP contribution in [0.3, 0.4) is 0 Å². The largest absolute Gasteiger partial charge is 1.00 e. The number of carbonyl (C=O) groups is 1. The SMILES string of the molecule is O=C1N2CC=C(c3cncnc3)C(C2)N1OS(=O)(=O)[O-].[Na+]. The van der Waals surface area contributed by atoms with Crippen molar-refractivity contribution in [2.24, 2.45) is 0 Å². The van der Waals surface area contributed by atoms with Crippen molar-refractivity contribution in [1.29, 1.82) is 0 Å². The Bertz CT molecular complexity index is 680. The van der Waals surface area contributed by atoms with E-state index in [1.807, 2.05) is 0 Å². The smallest absolute Gasteiger partial charge is 0.724 e. The molecule has 0 radical (unpaired) electrons. The van der Waals surface area contributed by atoms with Crippen LogP contribution in [0.2, 0.25) is 0 Å². The maximum atomic E-state index is 11.9. The van der Waals surface area contributed by atoms with Crippen molar-refractivity contribution in [2.45, 2.75) is 6.04 Å². The minimum Gasteiger partial charge on any atom is -0.724 e. The van der Waals surface area contributed by atoms with E-state index < -0.39 is 22.5 Å². The molecule has 9 nitrogen and oxygen atoms in total. The molecule has 0 spiro atoms. The number of amides is 2. The fraction of sp³-hybridized carbons (Fsp3) is 0.300. The second-order valence-corrected chi connectivity index (χ2v) is 5.26. The van der Waals surface area contributed by atoms with E-state index in [1.54, 1.807) is 18.5 Å². The topological polar surface area (TPSA) is 116 Å². The number of hydrogen-bond acceptors (Lipinski definition) is 7. The summed E-state index contributed by atoms with van der Waals surface area (Å²) in [5, 5.41) is 0.591. The zero-order chi connectivity index (χ0) is 14.3. The van der Waals surface area contributed by atoms with Gasteiger partial charge >= 0.3 is 35.6 Å². The maximum Gasteiger partial charge on any atom is 1.00 e. The molecule has 1 atom stereocenters. The summed E-state index contributed by atoms with van der Waals surface area (Å²) in [4.78, 5) is 21.0. The number of hydroxylamine groups is 2. The Hall–Kier alpha value is -1.04. The molecule has 3 rings (SSSR count). The molecule has 3 heterocycles. The van der Waals surface area contributed by atoms with Crippen LogP contribution in [0, 0.1) is 0 Å². The quantitative estimate of drug-likeness (QED) is 0.321. The summed E-state index contributed by atoms with van der Waals surface area (Å²) in [5.74, 6) is 0. The minimum absolute atomic E-state index is 0. The van der Waals surface area contributed by atoms with Gasteiger partial charge in [-0.1, -0.05) is 6.08 Å². The summed E-state index contributed by atoms with van der Waals surface area (Å²) in [5.41, 5.74) is 1.29. The number of rotatable bonds is 3. The molecule has 11 heteroatoms. The van der Waals surface area contributed by atoms with Gasteiger partial charge in [-0.05, 0) is 5.57 Å². The molecule has 21 heavy (non-hydrogen) atoms. The fourth-order valence-corrected chi connectivity index (χ4v) is 2.66. The van der Waals surface area contributed by atoms with E-state index >= 15 is 0 Å². The Morgan fingerprint density at radius 2 is 2.00 bits per heavy atom. The molecule has 0 aromatic carbocycles. The van der Waals surface area contributed by atoms with Crippen LogP contribution in [0.25, 0.3) is 5.57 Å². The first kappa shape index (κ1) is 16.3. The molecule has 1 saturated heterocycles. The summed E-state index contributed by atoms with van der Waals surface area (Å²) < 4.78 is 36.4. The van der Waals surface area contributed by atoms with E-state index in [1.165, 1.54) is 11.2 Å². The molecule has 0 aliphatic carbocycles. The predicted octanol–water partition coefficient (Wildman–Crippen LogP) is -3.62. The monoisotopic (exact) mass is 320 g/mol. The van der Waals surface area contributed by atoms with E-state index in [0.29, 0.717) is 22.7 Å². The van der Waals surface area contributed by atoms with E-state index in [2.05, 4.69) is 14.3 Å². The molecule has 2 bridgehead atoms. The second kappa shape index (κ2) is 5.99. The molecular weight excluding hydrogens is 311 g/mol. The van der Waals surface area contributed by atoms with E-state index in [-0.39, 0.29) is 36.1 Å². The van der Waals surface area contributed by atoms with Crippen molar-refractivity contribution in [3.05, 3.63) is 30.4 Å². The van der Waals surface area contributed by atoms with Gasteiger partial charge in [0.05, 0.1) is 6.54 Å². The third-order valence-corrected chi connectivity index (χ3v) is 3.43. The molecule has 1 unspecified atom stereocenters. The summed E-state index contributed by atoms with van der Waals surface area (Å²) in [6, 6.07) is -1.33. The molecule has 0 N–H and O–H groups in total. The van der Waals surface area contributed by atoms with Crippen molar-refractivity contribution in [3.8, 4) is 0 Å². The van der Waals surface area contributed by atoms with Gasteiger partial charge in [0, 0.05) is 24.5 Å². The molecule has 0 saturated carbocycles. The summed E-state index contributed by atoms with van der Waals surface area (Å²) >= 11 is 0. The third-order valence-electron chi connectivity index (χ3n) is 3.09. The molecule has 2 aliphatic heterocycles. The van der Waals surface area contributed by atoms with Crippen LogP contribution in [0.4, 0.5) is 4.79 Å². The van der Waals surface area contributed by atoms with E-state index in [4.69, 9.17) is 0 Å². The van der Waals surface area contributed by atoms with Crippen molar-refractivity contribution in [1.82, 2.24) is 19.9 Å². The molecule has 1 aromatic rings. The van der Waals surface area contributed by atoms with Gasteiger partial charge in [0.1, 0.15) is 12.4 Å². The van der Waals surface area contributed by atoms with Crippen LogP contribution in [-0.4, -0.2) is 58.1 Å². The number of aromatic nitrogens is 2. The molecule has 106 valence electrons. The predicted molar refractivity (Wildman–Crippen MR) is 63.4 cm³/mol.